The second kappa shape index (κ2) is 12.0. The van der Waals surface area contributed by atoms with Crippen LogP contribution in [0.4, 0.5) is 0 Å². The molecule has 0 aliphatic heterocycles. The van der Waals surface area contributed by atoms with E-state index in [4.69, 9.17) is 15.0 Å². The average Bonchev–Trinajstić information content (AvgIpc) is 3.80. The van der Waals surface area contributed by atoms with E-state index in [9.17, 15) is 0 Å². The summed E-state index contributed by atoms with van der Waals surface area (Å²) >= 11 is 1.99. The fourth-order valence-electron chi connectivity index (χ4n) is 12.3. The average molecular weight is 750 g/mol. The maximum atomic E-state index is 5.32. The Labute approximate surface area is 336 Å². The lowest BCUT2D eigenvalue weighted by Gasteiger charge is -2.61. The van der Waals surface area contributed by atoms with Crippen molar-refractivity contribution in [3.05, 3.63) is 163 Å². The molecule has 0 unspecified atom stereocenters. The highest BCUT2D eigenvalue weighted by Gasteiger charge is 2.62. The van der Waals surface area contributed by atoms with Gasteiger partial charge in [-0.2, -0.15) is 0 Å². The van der Waals surface area contributed by atoms with Crippen molar-refractivity contribution in [2.45, 2.75) is 37.5 Å². The molecule has 2 heterocycles. The van der Waals surface area contributed by atoms with Gasteiger partial charge in [-0.15, -0.1) is 11.3 Å². The molecule has 9 aromatic rings. The van der Waals surface area contributed by atoms with Gasteiger partial charge < -0.3 is 0 Å². The molecule has 0 N–H and O–H groups in total. The monoisotopic (exact) mass is 749 g/mol. The van der Waals surface area contributed by atoms with Crippen LogP contribution in [0, 0.1) is 23.7 Å². The molecule has 1 spiro atoms. The molecule has 2 aromatic heterocycles. The lowest BCUT2D eigenvalue weighted by Crippen LogP contribution is -2.55. The third-order valence-electron chi connectivity index (χ3n) is 14.3. The second-order valence-electron chi connectivity index (χ2n) is 17.1. The van der Waals surface area contributed by atoms with Gasteiger partial charge in [-0.25, -0.2) is 15.0 Å². The molecule has 4 saturated carbocycles. The molecular weight excluding hydrogens is 711 g/mol. The van der Waals surface area contributed by atoms with Gasteiger partial charge in [0.05, 0.1) is 0 Å². The molecule has 0 atom stereocenters. The van der Waals surface area contributed by atoms with Crippen molar-refractivity contribution in [1.82, 2.24) is 15.0 Å². The number of thiophene rings is 1. The van der Waals surface area contributed by atoms with Gasteiger partial charge in [-0.05, 0) is 106 Å². The summed E-state index contributed by atoms with van der Waals surface area (Å²) in [5.74, 6) is 5.35. The first-order valence-corrected chi connectivity index (χ1v) is 21.5. The zero-order valence-electron chi connectivity index (χ0n) is 31.5. The first-order valence-electron chi connectivity index (χ1n) is 20.7. The van der Waals surface area contributed by atoms with E-state index in [2.05, 4.69) is 146 Å². The highest BCUT2D eigenvalue weighted by Crippen LogP contribution is 2.70. The molecule has 5 aliphatic rings. The maximum absolute atomic E-state index is 5.32. The van der Waals surface area contributed by atoms with Crippen molar-refractivity contribution < 1.29 is 0 Å². The Bertz CT molecular complexity index is 3050. The summed E-state index contributed by atoms with van der Waals surface area (Å²) < 4.78 is 2.77. The van der Waals surface area contributed by atoms with Gasteiger partial charge in [-0.1, -0.05) is 146 Å². The molecule has 14 rings (SSSR count). The van der Waals surface area contributed by atoms with Gasteiger partial charge in [0.15, 0.2) is 17.5 Å². The number of benzene rings is 7. The first-order chi connectivity index (χ1) is 28.2. The summed E-state index contributed by atoms with van der Waals surface area (Å²) in [7, 11) is 0. The van der Waals surface area contributed by atoms with Gasteiger partial charge >= 0.3 is 0 Å². The lowest BCUT2D eigenvalue weighted by atomic mass is 9.43. The predicted molar refractivity (Wildman–Crippen MR) is 235 cm³/mol. The number of aromatic nitrogens is 3. The van der Waals surface area contributed by atoms with Gasteiger partial charge in [0.25, 0.3) is 0 Å². The number of rotatable bonds is 4. The fraction of sp³-hybridized carbons (Fsp3) is 0.189. The minimum absolute atomic E-state index is 0.110. The van der Waals surface area contributed by atoms with Crippen molar-refractivity contribution in [1.29, 1.82) is 0 Å². The third-order valence-corrected chi connectivity index (χ3v) is 15.5. The highest BCUT2D eigenvalue weighted by molar-refractivity contribution is 7.26. The van der Waals surface area contributed by atoms with Crippen LogP contribution in [-0.4, -0.2) is 15.0 Å². The molecule has 4 heteroatoms. The Balaban J connectivity index is 1.000. The van der Waals surface area contributed by atoms with E-state index in [1.54, 1.807) is 11.1 Å². The van der Waals surface area contributed by atoms with Crippen LogP contribution < -0.4 is 0 Å². The Morgan fingerprint density at radius 1 is 0.439 bits per heavy atom. The van der Waals surface area contributed by atoms with Crippen LogP contribution in [0.25, 0.3) is 87.4 Å². The van der Waals surface area contributed by atoms with Crippen LogP contribution in [0.3, 0.4) is 0 Å². The smallest absolute Gasteiger partial charge is 0.164 e. The van der Waals surface area contributed by atoms with E-state index >= 15 is 0 Å². The normalized spacial score (nSPS) is 22.8. The molecule has 57 heavy (non-hydrogen) atoms. The SMILES string of the molecule is c1ccc(-c2nc(-c3ccc(-c4cccc5ccccc45)cc3)nc(-c3cccc4sc5c6c(ccc5c34)-c3ccccc3C63C4CC5CC(C4)CC3C5)n2)cc1. The zero-order chi connectivity index (χ0) is 37.2. The molecule has 4 fully saturated rings. The van der Waals surface area contributed by atoms with E-state index < -0.39 is 0 Å². The van der Waals surface area contributed by atoms with E-state index in [1.807, 2.05) is 17.4 Å². The van der Waals surface area contributed by atoms with E-state index in [0.29, 0.717) is 11.6 Å². The minimum Gasteiger partial charge on any atom is -0.208 e. The number of hydrogen-bond donors (Lipinski definition) is 0. The van der Waals surface area contributed by atoms with E-state index in [0.717, 1.165) is 46.2 Å². The van der Waals surface area contributed by atoms with Gasteiger partial charge in [0, 0.05) is 42.3 Å². The van der Waals surface area contributed by atoms with E-state index in [1.165, 1.54) is 85.3 Å². The first kappa shape index (κ1) is 32.2. The van der Waals surface area contributed by atoms with Crippen LogP contribution in [0.2, 0.25) is 0 Å². The van der Waals surface area contributed by atoms with Gasteiger partial charge in [0.2, 0.25) is 0 Å². The van der Waals surface area contributed by atoms with Crippen molar-refractivity contribution >= 4 is 42.3 Å². The van der Waals surface area contributed by atoms with Crippen LogP contribution >= 0.6 is 11.3 Å². The Morgan fingerprint density at radius 3 is 1.86 bits per heavy atom. The predicted octanol–water partition coefficient (Wildman–Crippen LogP) is 13.8. The van der Waals surface area contributed by atoms with Crippen molar-refractivity contribution in [3.63, 3.8) is 0 Å². The summed E-state index contributed by atoms with van der Waals surface area (Å²) in [5, 5.41) is 5.10. The van der Waals surface area contributed by atoms with E-state index in [-0.39, 0.29) is 5.41 Å². The van der Waals surface area contributed by atoms with Gasteiger partial charge in [-0.3, -0.25) is 0 Å². The topological polar surface area (TPSA) is 38.7 Å². The van der Waals surface area contributed by atoms with Gasteiger partial charge in [0.1, 0.15) is 0 Å². The summed E-state index contributed by atoms with van der Waals surface area (Å²) in [6.07, 6.45) is 6.98. The lowest BCUT2D eigenvalue weighted by molar-refractivity contribution is -0.0393. The molecule has 4 bridgehead atoms. The molecule has 272 valence electrons. The van der Waals surface area contributed by atoms with Crippen molar-refractivity contribution in [3.8, 4) is 56.4 Å². The van der Waals surface area contributed by atoms with Crippen LogP contribution in [0.5, 0.6) is 0 Å². The molecular formula is C53H39N3S. The quantitative estimate of drug-likeness (QED) is 0.180. The third kappa shape index (κ3) is 4.56. The maximum Gasteiger partial charge on any atom is 0.164 e. The summed E-state index contributed by atoms with van der Waals surface area (Å²) in [5.41, 5.74) is 11.7. The summed E-state index contributed by atoms with van der Waals surface area (Å²) in [6.45, 7) is 0. The molecule has 5 aliphatic carbocycles. The number of fused-ring (bicyclic) bond motifs is 8. The Hall–Kier alpha value is -5.97. The second-order valence-corrected chi connectivity index (χ2v) is 18.2. The molecule has 0 amide bonds. The molecule has 0 radical (unpaired) electrons. The Kier molecular flexibility index (Phi) is 6.78. The largest absolute Gasteiger partial charge is 0.208 e. The summed E-state index contributed by atoms with van der Waals surface area (Å²) in [6, 6.07) is 55.3. The fourth-order valence-corrected chi connectivity index (χ4v) is 13.7. The van der Waals surface area contributed by atoms with Crippen LogP contribution in [0.1, 0.15) is 43.2 Å². The molecule has 7 aromatic carbocycles. The zero-order valence-corrected chi connectivity index (χ0v) is 32.3. The molecule has 3 nitrogen and oxygen atoms in total. The standard InChI is InChI=1S/C53H39N3S/c1-2-11-35(12-3-1)50-54-51(36-22-20-34(21-23-36)40-16-8-13-33-10-4-5-14-39(33)40)56-52(55-50)44-17-9-19-46-47(44)43-25-24-42-41-15-6-7-18-45(41)53(48(42)49(43)57-46)37-27-31-26-32(29-37)30-38(53)28-31/h1-25,31-32,37-38H,26-30H2. The van der Waals surface area contributed by atoms with Crippen LogP contribution in [0.15, 0.2) is 152 Å². The Morgan fingerprint density at radius 2 is 1.05 bits per heavy atom. The summed E-state index contributed by atoms with van der Waals surface area (Å²) in [4.78, 5) is 15.7. The van der Waals surface area contributed by atoms with Crippen molar-refractivity contribution in [2.24, 2.45) is 23.7 Å². The van der Waals surface area contributed by atoms with Crippen LogP contribution in [-0.2, 0) is 5.41 Å². The molecule has 0 saturated heterocycles. The minimum atomic E-state index is 0.110. The van der Waals surface area contributed by atoms with Crippen molar-refractivity contribution in [2.75, 3.05) is 0 Å². The highest BCUT2D eigenvalue weighted by atomic mass is 32.1. The number of nitrogens with zero attached hydrogens (tertiary/aromatic N) is 3. The number of hydrogen-bond acceptors (Lipinski definition) is 4.